The van der Waals surface area contributed by atoms with Gasteiger partial charge in [-0.25, -0.2) is 9.37 Å². The van der Waals surface area contributed by atoms with Gasteiger partial charge in [0.1, 0.15) is 24.5 Å². The molecule has 1 aromatic heterocycles. The van der Waals surface area contributed by atoms with Crippen LogP contribution in [0.5, 0.6) is 5.88 Å². The maximum Gasteiger partial charge on any atom is 0.420 e. The molecule has 0 bridgehead atoms. The fourth-order valence-corrected chi connectivity index (χ4v) is 6.51. The number of hydrogen-bond acceptors (Lipinski definition) is 9. The third kappa shape index (κ3) is 12.3. The normalized spacial score (nSPS) is 15.2. The molecule has 1 aliphatic rings. The number of alkyl halides is 3. The molecule has 56 heavy (non-hydrogen) atoms. The largest absolute Gasteiger partial charge is 0.478 e. The van der Waals surface area contributed by atoms with Gasteiger partial charge < -0.3 is 39.0 Å². The second-order valence-electron chi connectivity index (χ2n) is 15.2. The smallest absolute Gasteiger partial charge is 0.420 e. The Bertz CT molecular complexity index is 1710. The van der Waals surface area contributed by atoms with Crippen molar-refractivity contribution in [2.24, 2.45) is 5.41 Å². The minimum absolute atomic E-state index is 0.0602. The standard InChI is InChI=1S/C39H52F4N6O6S/c1-26-12-10-17-48(26)35(52)34(37(2,3)4)46-30(51)24-54-20-11-19-53-18-8-9-21-55-31-16-14-28(23-45-31)49(38(5,6)25-50)36(56)47(7)29-15-13-27(22-44)32(33(29)40)39(41,42)43/h13-16,23,25-26,34H,8-12,17-21,24H2,1-7H3,(H,46,51). The van der Waals surface area contributed by atoms with E-state index in [4.69, 9.17) is 31.7 Å². The molecule has 12 nitrogen and oxygen atoms in total. The molecule has 2 atom stereocenters. The number of benzene rings is 1. The number of aromatic nitrogens is 1. The molecule has 0 radical (unpaired) electrons. The van der Waals surface area contributed by atoms with E-state index in [2.05, 4.69) is 10.3 Å². The summed E-state index contributed by atoms with van der Waals surface area (Å²) < 4.78 is 73.1. The van der Waals surface area contributed by atoms with Crippen LogP contribution in [0.15, 0.2) is 30.5 Å². The fraction of sp³-hybridized carbons (Fsp3) is 0.590. The molecule has 1 fully saturated rings. The zero-order valence-electron chi connectivity index (χ0n) is 33.0. The minimum Gasteiger partial charge on any atom is -0.478 e. The highest BCUT2D eigenvalue weighted by Gasteiger charge is 2.41. The van der Waals surface area contributed by atoms with Crippen LogP contribution in [0.4, 0.5) is 28.9 Å². The van der Waals surface area contributed by atoms with E-state index in [0.29, 0.717) is 64.2 Å². The van der Waals surface area contributed by atoms with Gasteiger partial charge in [-0.1, -0.05) is 20.8 Å². The highest BCUT2D eigenvalue weighted by Crippen LogP contribution is 2.38. The number of hydrogen-bond donors (Lipinski definition) is 1. The predicted octanol–water partition coefficient (Wildman–Crippen LogP) is 6.44. The third-order valence-corrected chi connectivity index (χ3v) is 9.66. The van der Waals surface area contributed by atoms with E-state index in [0.717, 1.165) is 29.9 Å². The number of nitriles is 1. The summed E-state index contributed by atoms with van der Waals surface area (Å²) in [6.07, 6.45) is 0.693. The number of likely N-dealkylation sites (tertiary alicyclic amines) is 1. The molecule has 1 aromatic carbocycles. The zero-order chi connectivity index (χ0) is 41.8. The lowest BCUT2D eigenvalue weighted by atomic mass is 9.85. The molecule has 1 aliphatic heterocycles. The van der Waals surface area contributed by atoms with E-state index in [1.54, 1.807) is 12.1 Å². The van der Waals surface area contributed by atoms with E-state index in [1.807, 2.05) is 32.6 Å². The van der Waals surface area contributed by atoms with Gasteiger partial charge in [0.05, 0.1) is 41.4 Å². The van der Waals surface area contributed by atoms with Crippen molar-refractivity contribution < 1.29 is 46.2 Å². The van der Waals surface area contributed by atoms with Crippen LogP contribution in [0.25, 0.3) is 0 Å². The van der Waals surface area contributed by atoms with E-state index >= 15 is 4.39 Å². The molecule has 2 amide bonds. The maximum atomic E-state index is 15.2. The summed E-state index contributed by atoms with van der Waals surface area (Å²) in [7, 11) is 1.26. The highest BCUT2D eigenvalue weighted by molar-refractivity contribution is 7.80. The van der Waals surface area contributed by atoms with Crippen molar-refractivity contribution in [3.05, 3.63) is 47.4 Å². The van der Waals surface area contributed by atoms with E-state index in [1.165, 1.54) is 38.1 Å². The van der Waals surface area contributed by atoms with Crippen molar-refractivity contribution in [2.45, 2.75) is 97.4 Å². The Morgan fingerprint density at radius 1 is 1.07 bits per heavy atom. The number of carbonyl (C=O) groups excluding carboxylic acids is 3. The molecular weight excluding hydrogens is 757 g/mol. The fourth-order valence-electron chi connectivity index (χ4n) is 6.07. The van der Waals surface area contributed by atoms with Crippen LogP contribution in [0.3, 0.4) is 0 Å². The van der Waals surface area contributed by atoms with Gasteiger partial charge in [-0.15, -0.1) is 0 Å². The summed E-state index contributed by atoms with van der Waals surface area (Å²) in [5, 5.41) is 11.8. The van der Waals surface area contributed by atoms with Crippen LogP contribution in [0.1, 0.15) is 84.8 Å². The molecule has 0 aliphatic carbocycles. The number of pyridine rings is 1. The lowest BCUT2D eigenvalue weighted by Crippen LogP contribution is -2.56. The zero-order valence-corrected chi connectivity index (χ0v) is 33.8. The van der Waals surface area contributed by atoms with E-state index < -0.39 is 45.8 Å². The number of halogens is 4. The summed E-state index contributed by atoms with van der Waals surface area (Å²) in [5.74, 6) is -1.79. The minimum atomic E-state index is -5.13. The van der Waals surface area contributed by atoms with E-state index in [-0.39, 0.29) is 35.5 Å². The summed E-state index contributed by atoms with van der Waals surface area (Å²) >= 11 is 5.55. The Labute approximate surface area is 331 Å². The average molecular weight is 809 g/mol. The molecule has 0 saturated carbocycles. The van der Waals surface area contributed by atoms with Crippen molar-refractivity contribution in [2.75, 3.05) is 56.4 Å². The first kappa shape index (κ1) is 46.0. The number of thiocarbonyl (C=S) groups is 1. The molecular formula is C39H52F4N6O6S. The molecule has 2 heterocycles. The highest BCUT2D eigenvalue weighted by atomic mass is 32.1. The lowest BCUT2D eigenvalue weighted by molar-refractivity contribution is -0.141. The van der Waals surface area contributed by atoms with Crippen LogP contribution in [-0.4, -0.2) is 97.3 Å². The summed E-state index contributed by atoms with van der Waals surface area (Å²) in [5.41, 5.74) is -4.59. The Morgan fingerprint density at radius 2 is 1.73 bits per heavy atom. The topological polar surface area (TPSA) is 137 Å². The number of amides is 2. The number of anilines is 2. The average Bonchev–Trinajstić information content (AvgIpc) is 3.57. The van der Waals surface area contributed by atoms with Crippen molar-refractivity contribution >= 4 is 46.8 Å². The first-order valence-corrected chi connectivity index (χ1v) is 18.8. The van der Waals surface area contributed by atoms with Crippen molar-refractivity contribution in [1.29, 1.82) is 5.26 Å². The summed E-state index contributed by atoms with van der Waals surface area (Å²) in [6.45, 7) is 13.0. The Morgan fingerprint density at radius 3 is 2.30 bits per heavy atom. The van der Waals surface area contributed by atoms with Crippen LogP contribution >= 0.6 is 12.2 Å². The molecule has 2 aromatic rings. The van der Waals surface area contributed by atoms with Crippen molar-refractivity contribution in [1.82, 2.24) is 15.2 Å². The number of unbranched alkanes of at least 4 members (excludes halogenated alkanes) is 1. The lowest BCUT2D eigenvalue weighted by Gasteiger charge is -2.39. The number of ether oxygens (including phenoxy) is 3. The van der Waals surface area contributed by atoms with Gasteiger partial charge in [0, 0.05) is 45.5 Å². The van der Waals surface area contributed by atoms with Gasteiger partial charge in [0.2, 0.25) is 17.7 Å². The first-order chi connectivity index (χ1) is 26.2. The Balaban J connectivity index is 1.41. The van der Waals surface area contributed by atoms with Crippen LogP contribution < -0.4 is 19.9 Å². The number of rotatable bonds is 18. The molecule has 1 saturated heterocycles. The summed E-state index contributed by atoms with van der Waals surface area (Å²) in [4.78, 5) is 46.3. The second-order valence-corrected chi connectivity index (χ2v) is 15.6. The third-order valence-electron chi connectivity index (χ3n) is 9.21. The molecule has 1 N–H and O–H groups in total. The molecule has 2 unspecified atom stereocenters. The van der Waals surface area contributed by atoms with Gasteiger partial charge in [-0.05, 0) is 88.7 Å². The number of aldehydes is 1. The monoisotopic (exact) mass is 808 g/mol. The molecule has 0 spiro atoms. The second kappa shape index (κ2) is 20.1. The SMILES string of the molecule is CC1CCCN1C(=O)C(NC(=O)COCCCOCCCCOc1ccc(N(C(=S)N(C)c2ccc(C#N)c(C(F)(F)F)c2F)C(C)(C)C=O)cn1)C(C)(C)C. The van der Waals surface area contributed by atoms with Gasteiger partial charge in [0.25, 0.3) is 0 Å². The number of nitrogens with one attached hydrogen (secondary N) is 1. The van der Waals surface area contributed by atoms with Crippen molar-refractivity contribution in [3.8, 4) is 11.9 Å². The van der Waals surface area contributed by atoms with Crippen LogP contribution in [-0.2, 0) is 30.0 Å². The molecule has 3 rings (SSSR count). The molecule has 308 valence electrons. The van der Waals surface area contributed by atoms with Crippen LogP contribution in [0.2, 0.25) is 0 Å². The Kier molecular flexibility index (Phi) is 16.5. The van der Waals surface area contributed by atoms with E-state index in [9.17, 15) is 27.6 Å². The first-order valence-electron chi connectivity index (χ1n) is 18.4. The number of nitrogens with zero attached hydrogens (tertiary/aromatic N) is 5. The van der Waals surface area contributed by atoms with Crippen molar-refractivity contribution in [3.63, 3.8) is 0 Å². The van der Waals surface area contributed by atoms with Gasteiger partial charge >= 0.3 is 6.18 Å². The van der Waals surface area contributed by atoms with Gasteiger partial charge in [-0.3, -0.25) is 9.59 Å². The maximum absolute atomic E-state index is 15.2. The van der Waals surface area contributed by atoms with Gasteiger partial charge in [0.15, 0.2) is 10.9 Å². The quantitative estimate of drug-likeness (QED) is 0.0771. The predicted molar refractivity (Wildman–Crippen MR) is 207 cm³/mol. The van der Waals surface area contributed by atoms with Crippen LogP contribution in [0, 0.1) is 22.6 Å². The summed E-state index contributed by atoms with van der Waals surface area (Å²) in [6, 6.07) is 5.88. The Hall–Kier alpha value is -4.40. The van der Waals surface area contributed by atoms with Gasteiger partial charge in [-0.2, -0.15) is 18.4 Å². The number of carbonyl (C=O) groups is 3. The molecule has 17 heteroatoms.